The fourth-order valence-electron chi connectivity index (χ4n) is 1.48. The lowest BCUT2D eigenvalue weighted by Crippen LogP contribution is -2.05. The van der Waals surface area contributed by atoms with Crippen LogP contribution in [0.2, 0.25) is 0 Å². The zero-order valence-electron chi connectivity index (χ0n) is 8.78. The van der Waals surface area contributed by atoms with Gasteiger partial charge in [-0.3, -0.25) is 0 Å². The second-order valence-electron chi connectivity index (χ2n) is 4.18. The Bertz CT molecular complexity index is 350. The standard InChI is InChI=1S/C11H15BrN2O/c1-7(15)2-5-10-9(12)6-13-11(14-10)8-3-4-8/h6-8,15H,2-5H2,1H3/t7-/m1/s1. The Morgan fingerprint density at radius 2 is 2.33 bits per heavy atom. The fourth-order valence-corrected chi connectivity index (χ4v) is 1.87. The van der Waals surface area contributed by atoms with Crippen LogP contribution in [-0.4, -0.2) is 21.2 Å². The largest absolute Gasteiger partial charge is 0.393 e. The molecule has 1 fully saturated rings. The van der Waals surface area contributed by atoms with Gasteiger partial charge in [0.1, 0.15) is 5.82 Å². The monoisotopic (exact) mass is 270 g/mol. The zero-order valence-corrected chi connectivity index (χ0v) is 10.4. The Morgan fingerprint density at radius 3 is 2.93 bits per heavy atom. The number of hydrogen-bond donors (Lipinski definition) is 1. The second kappa shape index (κ2) is 4.58. The molecular weight excluding hydrogens is 256 g/mol. The first-order valence-corrected chi connectivity index (χ1v) is 6.15. The Hall–Kier alpha value is -0.480. The van der Waals surface area contributed by atoms with Crippen molar-refractivity contribution in [2.24, 2.45) is 0 Å². The third-order valence-corrected chi connectivity index (χ3v) is 3.24. The molecule has 82 valence electrons. The van der Waals surface area contributed by atoms with Crippen molar-refractivity contribution in [3.63, 3.8) is 0 Å². The summed E-state index contributed by atoms with van der Waals surface area (Å²) in [6, 6.07) is 0. The minimum atomic E-state index is -0.267. The first-order chi connectivity index (χ1) is 7.16. The lowest BCUT2D eigenvalue weighted by atomic mass is 10.1. The van der Waals surface area contributed by atoms with E-state index in [0.717, 1.165) is 28.8 Å². The summed E-state index contributed by atoms with van der Waals surface area (Å²) in [5.74, 6) is 1.56. The maximum absolute atomic E-state index is 9.24. The van der Waals surface area contributed by atoms with E-state index in [1.165, 1.54) is 12.8 Å². The van der Waals surface area contributed by atoms with E-state index in [1.54, 1.807) is 6.92 Å². The van der Waals surface area contributed by atoms with Crippen LogP contribution in [0.15, 0.2) is 10.7 Å². The van der Waals surface area contributed by atoms with Crippen LogP contribution in [0.1, 0.15) is 43.6 Å². The van der Waals surface area contributed by atoms with Crippen molar-refractivity contribution in [2.75, 3.05) is 0 Å². The third kappa shape index (κ3) is 2.98. The molecule has 1 saturated carbocycles. The minimum Gasteiger partial charge on any atom is -0.393 e. The highest BCUT2D eigenvalue weighted by atomic mass is 79.9. The van der Waals surface area contributed by atoms with E-state index in [2.05, 4.69) is 25.9 Å². The van der Waals surface area contributed by atoms with E-state index in [1.807, 2.05) is 6.20 Å². The second-order valence-corrected chi connectivity index (χ2v) is 5.04. The SMILES string of the molecule is C[C@@H](O)CCc1nc(C2CC2)ncc1Br. The summed E-state index contributed by atoms with van der Waals surface area (Å²) in [4.78, 5) is 8.84. The Labute approximate surface area is 98.1 Å². The van der Waals surface area contributed by atoms with Crippen LogP contribution >= 0.6 is 15.9 Å². The average molecular weight is 271 g/mol. The van der Waals surface area contributed by atoms with E-state index in [0.29, 0.717) is 5.92 Å². The van der Waals surface area contributed by atoms with E-state index >= 15 is 0 Å². The summed E-state index contributed by atoms with van der Waals surface area (Å²) in [6.07, 6.45) is 5.56. The van der Waals surface area contributed by atoms with Gasteiger partial charge in [0, 0.05) is 12.1 Å². The number of nitrogens with zero attached hydrogens (tertiary/aromatic N) is 2. The van der Waals surface area contributed by atoms with Gasteiger partial charge in [-0.25, -0.2) is 9.97 Å². The molecule has 0 spiro atoms. The molecule has 1 N–H and O–H groups in total. The maximum atomic E-state index is 9.24. The van der Waals surface area contributed by atoms with Crippen LogP contribution in [0, 0.1) is 0 Å². The van der Waals surface area contributed by atoms with Gasteiger partial charge in [0.2, 0.25) is 0 Å². The molecule has 0 bridgehead atoms. The Kier molecular flexibility index (Phi) is 3.36. The van der Waals surface area contributed by atoms with Crippen molar-refractivity contribution in [1.82, 2.24) is 9.97 Å². The topological polar surface area (TPSA) is 46.0 Å². The summed E-state index contributed by atoms with van der Waals surface area (Å²) in [5.41, 5.74) is 1.02. The van der Waals surface area contributed by atoms with Gasteiger partial charge in [0.05, 0.1) is 16.3 Å². The van der Waals surface area contributed by atoms with E-state index in [9.17, 15) is 5.11 Å². The van der Waals surface area contributed by atoms with Gasteiger partial charge in [-0.1, -0.05) is 0 Å². The lowest BCUT2D eigenvalue weighted by molar-refractivity contribution is 0.184. The molecule has 0 saturated heterocycles. The van der Waals surface area contributed by atoms with Crippen molar-refractivity contribution < 1.29 is 5.11 Å². The van der Waals surface area contributed by atoms with Crippen molar-refractivity contribution in [1.29, 1.82) is 0 Å². The predicted molar refractivity (Wildman–Crippen MR) is 61.7 cm³/mol. The highest BCUT2D eigenvalue weighted by Gasteiger charge is 2.26. The number of rotatable bonds is 4. The molecule has 1 aromatic rings. The van der Waals surface area contributed by atoms with Crippen LogP contribution in [0.25, 0.3) is 0 Å². The number of halogens is 1. The lowest BCUT2D eigenvalue weighted by Gasteiger charge is -2.07. The molecule has 15 heavy (non-hydrogen) atoms. The van der Waals surface area contributed by atoms with Crippen molar-refractivity contribution in [3.05, 3.63) is 22.2 Å². The van der Waals surface area contributed by atoms with Crippen LogP contribution in [0.3, 0.4) is 0 Å². The number of aromatic nitrogens is 2. The van der Waals surface area contributed by atoms with Gasteiger partial charge in [0.15, 0.2) is 0 Å². The molecule has 3 nitrogen and oxygen atoms in total. The van der Waals surface area contributed by atoms with Crippen LogP contribution in [0.4, 0.5) is 0 Å². The van der Waals surface area contributed by atoms with Gasteiger partial charge >= 0.3 is 0 Å². The number of aliphatic hydroxyl groups excluding tert-OH is 1. The minimum absolute atomic E-state index is 0.267. The molecule has 0 amide bonds. The molecule has 0 unspecified atom stereocenters. The third-order valence-electron chi connectivity index (χ3n) is 2.58. The van der Waals surface area contributed by atoms with Crippen LogP contribution in [-0.2, 0) is 6.42 Å². The first-order valence-electron chi connectivity index (χ1n) is 5.36. The quantitative estimate of drug-likeness (QED) is 0.914. The highest BCUT2D eigenvalue weighted by molar-refractivity contribution is 9.10. The first kappa shape index (κ1) is 11.0. The molecule has 1 heterocycles. The van der Waals surface area contributed by atoms with Gasteiger partial charge in [-0.15, -0.1) is 0 Å². The van der Waals surface area contributed by atoms with Crippen molar-refractivity contribution in [3.8, 4) is 0 Å². The molecule has 1 aromatic heterocycles. The van der Waals surface area contributed by atoms with Crippen molar-refractivity contribution in [2.45, 2.75) is 44.6 Å². The molecule has 1 aliphatic carbocycles. The highest BCUT2D eigenvalue weighted by Crippen LogP contribution is 2.38. The van der Waals surface area contributed by atoms with Crippen LogP contribution < -0.4 is 0 Å². The zero-order chi connectivity index (χ0) is 10.8. The number of aliphatic hydroxyl groups is 1. The summed E-state index contributed by atoms with van der Waals surface area (Å²) in [5, 5.41) is 9.24. The number of hydrogen-bond acceptors (Lipinski definition) is 3. The van der Waals surface area contributed by atoms with Gasteiger partial charge < -0.3 is 5.11 Å². The molecule has 1 aliphatic rings. The van der Waals surface area contributed by atoms with Gasteiger partial charge in [-0.05, 0) is 48.5 Å². The summed E-state index contributed by atoms with van der Waals surface area (Å²) in [6.45, 7) is 1.80. The normalized spacial score (nSPS) is 17.8. The van der Waals surface area contributed by atoms with E-state index in [4.69, 9.17) is 0 Å². The van der Waals surface area contributed by atoms with Gasteiger partial charge in [-0.2, -0.15) is 0 Å². The fraction of sp³-hybridized carbons (Fsp3) is 0.636. The Balaban J connectivity index is 2.09. The summed E-state index contributed by atoms with van der Waals surface area (Å²) in [7, 11) is 0. The molecule has 4 heteroatoms. The molecule has 1 atom stereocenters. The maximum Gasteiger partial charge on any atom is 0.131 e. The average Bonchev–Trinajstić information content (AvgIpc) is 3.00. The smallest absolute Gasteiger partial charge is 0.131 e. The van der Waals surface area contributed by atoms with Crippen LogP contribution in [0.5, 0.6) is 0 Å². The number of aryl methyl sites for hydroxylation is 1. The summed E-state index contributed by atoms with van der Waals surface area (Å²) < 4.78 is 0.951. The predicted octanol–water partition coefficient (Wildman–Crippen LogP) is 2.43. The van der Waals surface area contributed by atoms with Crippen molar-refractivity contribution >= 4 is 15.9 Å². The molecule has 0 aliphatic heterocycles. The van der Waals surface area contributed by atoms with Gasteiger partial charge in [0.25, 0.3) is 0 Å². The summed E-state index contributed by atoms with van der Waals surface area (Å²) >= 11 is 3.44. The van der Waals surface area contributed by atoms with E-state index in [-0.39, 0.29) is 6.10 Å². The molecular formula is C11H15BrN2O. The van der Waals surface area contributed by atoms with E-state index < -0.39 is 0 Å². The molecule has 0 radical (unpaired) electrons. The molecule has 0 aromatic carbocycles. The Morgan fingerprint density at radius 1 is 1.60 bits per heavy atom. The molecule has 2 rings (SSSR count).